The maximum Gasteiger partial charge on any atom is 0.0634 e. The molecule has 1 aromatic heterocycles. The minimum Gasteiger partial charge on any atom is -0.383 e. The number of nitrogens with one attached hydrogen (secondary N) is 2. The van der Waals surface area contributed by atoms with E-state index in [1.165, 1.54) is 0 Å². The zero-order valence-electron chi connectivity index (χ0n) is 9.50. The molecular formula is C11H18ClN3O. The summed E-state index contributed by atoms with van der Waals surface area (Å²) in [7, 11) is 1.70. The molecule has 0 spiro atoms. The predicted molar refractivity (Wildman–Crippen MR) is 65.7 cm³/mol. The lowest BCUT2D eigenvalue weighted by Gasteiger charge is -2.07. The lowest BCUT2D eigenvalue weighted by atomic mass is 10.2. The van der Waals surface area contributed by atoms with Gasteiger partial charge in [-0.15, -0.1) is 0 Å². The van der Waals surface area contributed by atoms with Gasteiger partial charge >= 0.3 is 0 Å². The Kier molecular flexibility index (Phi) is 7.09. The van der Waals surface area contributed by atoms with Crippen LogP contribution in [0.5, 0.6) is 0 Å². The highest BCUT2D eigenvalue weighted by molar-refractivity contribution is 6.31. The largest absolute Gasteiger partial charge is 0.383 e. The summed E-state index contributed by atoms with van der Waals surface area (Å²) < 4.78 is 4.93. The minimum atomic E-state index is 0.711. The molecule has 1 rings (SSSR count). The quantitative estimate of drug-likeness (QED) is 0.671. The fraction of sp³-hybridized carbons (Fsp3) is 0.545. The van der Waals surface area contributed by atoms with Gasteiger partial charge in [-0.1, -0.05) is 11.6 Å². The molecule has 0 saturated carbocycles. The van der Waals surface area contributed by atoms with Crippen molar-refractivity contribution in [2.45, 2.75) is 6.54 Å². The van der Waals surface area contributed by atoms with Crippen molar-refractivity contribution in [1.82, 2.24) is 15.6 Å². The molecule has 2 N–H and O–H groups in total. The van der Waals surface area contributed by atoms with Gasteiger partial charge in [0, 0.05) is 45.7 Å². The first-order valence-electron chi connectivity index (χ1n) is 5.33. The van der Waals surface area contributed by atoms with Crippen molar-refractivity contribution < 1.29 is 4.74 Å². The lowest BCUT2D eigenvalue weighted by molar-refractivity contribution is 0.199. The van der Waals surface area contributed by atoms with E-state index in [9.17, 15) is 0 Å². The van der Waals surface area contributed by atoms with Crippen molar-refractivity contribution in [3.05, 3.63) is 29.0 Å². The van der Waals surface area contributed by atoms with Gasteiger partial charge in [0.1, 0.15) is 0 Å². The van der Waals surface area contributed by atoms with Crippen LogP contribution in [0.15, 0.2) is 18.5 Å². The van der Waals surface area contributed by atoms with Gasteiger partial charge < -0.3 is 15.4 Å². The normalized spacial score (nSPS) is 10.6. The first kappa shape index (κ1) is 13.4. The first-order chi connectivity index (χ1) is 7.84. The molecule has 0 unspecified atom stereocenters. The molecule has 4 nitrogen and oxygen atoms in total. The number of aromatic nitrogens is 1. The summed E-state index contributed by atoms with van der Waals surface area (Å²) in [5, 5.41) is 7.27. The lowest BCUT2D eigenvalue weighted by Crippen LogP contribution is -2.29. The predicted octanol–water partition coefficient (Wildman–Crippen LogP) is 1.06. The van der Waals surface area contributed by atoms with E-state index in [4.69, 9.17) is 16.3 Å². The molecule has 0 aliphatic carbocycles. The SMILES string of the molecule is COCCNCCNCc1ccncc1Cl. The van der Waals surface area contributed by atoms with Crippen molar-refractivity contribution in [1.29, 1.82) is 0 Å². The van der Waals surface area contributed by atoms with Crippen molar-refractivity contribution in [3.63, 3.8) is 0 Å². The molecule has 0 amide bonds. The maximum atomic E-state index is 5.97. The van der Waals surface area contributed by atoms with Crippen molar-refractivity contribution in [2.24, 2.45) is 0 Å². The Morgan fingerprint density at radius 2 is 2.12 bits per heavy atom. The molecule has 0 aromatic carbocycles. The van der Waals surface area contributed by atoms with E-state index in [-0.39, 0.29) is 0 Å². The van der Waals surface area contributed by atoms with Crippen LogP contribution in [0, 0.1) is 0 Å². The number of halogens is 1. The molecule has 1 heterocycles. The van der Waals surface area contributed by atoms with Gasteiger partial charge in [0.2, 0.25) is 0 Å². The van der Waals surface area contributed by atoms with Crippen molar-refractivity contribution >= 4 is 11.6 Å². The van der Waals surface area contributed by atoms with Gasteiger partial charge in [-0.05, 0) is 11.6 Å². The summed E-state index contributed by atoms with van der Waals surface area (Å²) in [5.74, 6) is 0. The Bertz CT molecular complexity index is 296. The van der Waals surface area contributed by atoms with E-state index in [0.717, 1.165) is 38.3 Å². The standard InChI is InChI=1S/C11H18ClN3O/c1-16-7-6-13-4-5-15-8-10-2-3-14-9-11(10)12/h2-3,9,13,15H,4-8H2,1H3. The molecule has 5 heteroatoms. The molecule has 0 bridgehead atoms. The van der Waals surface area contributed by atoms with Crippen LogP contribution in [0.2, 0.25) is 5.02 Å². The summed E-state index contributed by atoms with van der Waals surface area (Å²) >= 11 is 5.97. The van der Waals surface area contributed by atoms with Crippen molar-refractivity contribution in [2.75, 3.05) is 33.4 Å². The van der Waals surface area contributed by atoms with E-state index in [1.54, 1.807) is 19.5 Å². The minimum absolute atomic E-state index is 0.711. The van der Waals surface area contributed by atoms with Crippen LogP contribution in [0.1, 0.15) is 5.56 Å². The van der Waals surface area contributed by atoms with E-state index < -0.39 is 0 Å². The summed E-state index contributed by atoms with van der Waals surface area (Å²) in [4.78, 5) is 3.94. The molecule has 0 aliphatic rings. The van der Waals surface area contributed by atoms with Gasteiger partial charge in [-0.3, -0.25) is 4.98 Å². The fourth-order valence-electron chi connectivity index (χ4n) is 1.25. The van der Waals surface area contributed by atoms with Gasteiger partial charge in [0.15, 0.2) is 0 Å². The molecule has 0 saturated heterocycles. The maximum absolute atomic E-state index is 5.97. The van der Waals surface area contributed by atoms with Crippen LogP contribution in [-0.2, 0) is 11.3 Å². The Labute approximate surface area is 101 Å². The number of rotatable bonds is 8. The molecule has 1 aromatic rings. The number of ether oxygens (including phenoxy) is 1. The third kappa shape index (κ3) is 5.42. The Balaban J connectivity index is 2.05. The van der Waals surface area contributed by atoms with E-state index >= 15 is 0 Å². The number of methoxy groups -OCH3 is 1. The molecule has 0 atom stereocenters. The third-order valence-corrected chi connectivity index (χ3v) is 2.47. The molecule has 0 aliphatic heterocycles. The monoisotopic (exact) mass is 243 g/mol. The Hall–Kier alpha value is -0.680. The van der Waals surface area contributed by atoms with E-state index in [2.05, 4.69) is 15.6 Å². The van der Waals surface area contributed by atoms with Crippen LogP contribution in [-0.4, -0.2) is 38.3 Å². The zero-order valence-corrected chi connectivity index (χ0v) is 10.3. The molecule has 0 fully saturated rings. The molecular weight excluding hydrogens is 226 g/mol. The van der Waals surface area contributed by atoms with Gasteiger partial charge in [0.25, 0.3) is 0 Å². The van der Waals surface area contributed by atoms with Crippen LogP contribution in [0.4, 0.5) is 0 Å². The first-order valence-corrected chi connectivity index (χ1v) is 5.71. The van der Waals surface area contributed by atoms with Gasteiger partial charge in [-0.2, -0.15) is 0 Å². The van der Waals surface area contributed by atoms with Crippen LogP contribution < -0.4 is 10.6 Å². The Morgan fingerprint density at radius 3 is 2.88 bits per heavy atom. The summed E-state index contributed by atoms with van der Waals surface area (Å²) in [6.45, 7) is 4.23. The average Bonchev–Trinajstić information content (AvgIpc) is 2.30. The second-order valence-electron chi connectivity index (χ2n) is 3.39. The van der Waals surface area contributed by atoms with E-state index in [1.807, 2.05) is 6.07 Å². The van der Waals surface area contributed by atoms with Crippen LogP contribution in [0.3, 0.4) is 0 Å². The zero-order chi connectivity index (χ0) is 11.6. The van der Waals surface area contributed by atoms with Gasteiger partial charge in [0.05, 0.1) is 11.6 Å². The van der Waals surface area contributed by atoms with Gasteiger partial charge in [-0.25, -0.2) is 0 Å². The number of hydrogen-bond acceptors (Lipinski definition) is 4. The number of pyridine rings is 1. The Morgan fingerprint density at radius 1 is 1.31 bits per heavy atom. The summed E-state index contributed by atoms with van der Waals surface area (Å²) in [6.07, 6.45) is 3.41. The molecule has 0 radical (unpaired) electrons. The molecule has 90 valence electrons. The van der Waals surface area contributed by atoms with E-state index in [0.29, 0.717) is 5.02 Å². The topological polar surface area (TPSA) is 46.2 Å². The number of nitrogens with zero attached hydrogens (tertiary/aromatic N) is 1. The smallest absolute Gasteiger partial charge is 0.0634 e. The average molecular weight is 244 g/mol. The highest BCUT2D eigenvalue weighted by Crippen LogP contribution is 2.12. The number of hydrogen-bond donors (Lipinski definition) is 2. The van der Waals surface area contributed by atoms with Crippen LogP contribution in [0.25, 0.3) is 0 Å². The van der Waals surface area contributed by atoms with Crippen LogP contribution >= 0.6 is 11.6 Å². The summed E-state index contributed by atoms with van der Waals surface area (Å²) in [6, 6.07) is 1.92. The third-order valence-electron chi connectivity index (χ3n) is 2.13. The highest BCUT2D eigenvalue weighted by atomic mass is 35.5. The van der Waals surface area contributed by atoms with Crippen molar-refractivity contribution in [3.8, 4) is 0 Å². The fourth-order valence-corrected chi connectivity index (χ4v) is 1.43. The second kappa shape index (κ2) is 8.47. The summed E-state index contributed by atoms with van der Waals surface area (Å²) in [5.41, 5.74) is 1.08. The highest BCUT2D eigenvalue weighted by Gasteiger charge is 1.97. The second-order valence-corrected chi connectivity index (χ2v) is 3.79. The molecule has 16 heavy (non-hydrogen) atoms.